The molecule has 0 bridgehead atoms. The molecule has 3 fully saturated rings. The van der Waals surface area contributed by atoms with E-state index in [2.05, 4.69) is 5.32 Å². The molecule has 2 aromatic rings. The Morgan fingerprint density at radius 1 is 1.00 bits per heavy atom. The van der Waals surface area contributed by atoms with Crippen LogP contribution in [0.3, 0.4) is 0 Å². The molecule has 4 aliphatic heterocycles. The maximum Gasteiger partial charge on any atom is 0.416 e. The number of carbonyl (C=O) groups is 3. The van der Waals surface area contributed by atoms with Gasteiger partial charge in [0.25, 0.3) is 0 Å². The van der Waals surface area contributed by atoms with Gasteiger partial charge in [-0.15, -0.1) is 0 Å². The van der Waals surface area contributed by atoms with Crippen molar-refractivity contribution in [3.8, 4) is 0 Å². The van der Waals surface area contributed by atoms with E-state index in [0.717, 1.165) is 23.5 Å². The average molecular weight is 441 g/mol. The molecule has 0 aliphatic carbocycles. The van der Waals surface area contributed by atoms with Gasteiger partial charge in [0.2, 0.25) is 17.7 Å². The number of benzene rings is 2. The van der Waals surface area contributed by atoms with Crippen LogP contribution < -0.4 is 10.2 Å². The lowest BCUT2D eigenvalue weighted by molar-refractivity contribution is -0.137. The lowest BCUT2D eigenvalue weighted by Gasteiger charge is -2.36. The third-order valence-corrected chi connectivity index (χ3v) is 7.33. The number of nitrogens with zero attached hydrogens (tertiary/aromatic N) is 2. The summed E-state index contributed by atoms with van der Waals surface area (Å²) in [6.45, 7) is 0.573. The fourth-order valence-electron chi connectivity index (χ4n) is 6.23. The summed E-state index contributed by atoms with van der Waals surface area (Å²) in [4.78, 5) is 43.5. The van der Waals surface area contributed by atoms with Crippen molar-refractivity contribution in [2.45, 2.75) is 30.6 Å². The number of anilines is 2. The SMILES string of the molecule is O=C1[C@@H]2[C@@H]3CCCN3[C@]3(C(=O)Nc4ccccc43)[C@H]2C(=O)N1c1cccc(C(F)(F)F)c1. The van der Waals surface area contributed by atoms with Crippen LogP contribution in [0.2, 0.25) is 0 Å². The molecule has 1 spiro atoms. The minimum Gasteiger partial charge on any atom is -0.324 e. The first-order valence-electron chi connectivity index (χ1n) is 10.5. The van der Waals surface area contributed by atoms with Gasteiger partial charge in [-0.25, -0.2) is 4.90 Å². The smallest absolute Gasteiger partial charge is 0.324 e. The molecule has 3 amide bonds. The quantitative estimate of drug-likeness (QED) is 0.691. The van der Waals surface area contributed by atoms with Crippen molar-refractivity contribution in [3.05, 3.63) is 59.7 Å². The van der Waals surface area contributed by atoms with E-state index >= 15 is 0 Å². The van der Waals surface area contributed by atoms with E-state index in [9.17, 15) is 27.6 Å². The summed E-state index contributed by atoms with van der Waals surface area (Å²) in [5, 5.41) is 2.86. The summed E-state index contributed by atoms with van der Waals surface area (Å²) in [7, 11) is 0. The van der Waals surface area contributed by atoms with Crippen LogP contribution in [0.4, 0.5) is 24.5 Å². The summed E-state index contributed by atoms with van der Waals surface area (Å²) in [5.41, 5.74) is -1.13. The third-order valence-electron chi connectivity index (χ3n) is 7.33. The van der Waals surface area contributed by atoms with Crippen molar-refractivity contribution < 1.29 is 27.6 Å². The van der Waals surface area contributed by atoms with E-state index in [1.807, 2.05) is 4.90 Å². The molecule has 0 radical (unpaired) electrons. The number of rotatable bonds is 1. The van der Waals surface area contributed by atoms with E-state index in [1.165, 1.54) is 12.1 Å². The van der Waals surface area contributed by atoms with Crippen molar-refractivity contribution in [2.75, 3.05) is 16.8 Å². The second-order valence-electron chi connectivity index (χ2n) is 8.73. The molecule has 164 valence electrons. The first-order chi connectivity index (χ1) is 15.3. The third kappa shape index (κ3) is 2.21. The second kappa shape index (κ2) is 6.19. The number of alkyl halides is 3. The lowest BCUT2D eigenvalue weighted by Crippen LogP contribution is -2.54. The highest BCUT2D eigenvalue weighted by Crippen LogP contribution is 2.60. The van der Waals surface area contributed by atoms with Gasteiger partial charge in [0.1, 0.15) is 5.54 Å². The maximum absolute atomic E-state index is 13.7. The average Bonchev–Trinajstić information content (AvgIpc) is 3.46. The lowest BCUT2D eigenvalue weighted by atomic mass is 9.75. The maximum atomic E-state index is 13.7. The fraction of sp³-hybridized carbons (Fsp3) is 0.348. The second-order valence-corrected chi connectivity index (χ2v) is 8.73. The molecule has 6 nitrogen and oxygen atoms in total. The largest absolute Gasteiger partial charge is 0.416 e. The number of amides is 3. The van der Waals surface area contributed by atoms with E-state index in [0.29, 0.717) is 24.2 Å². The number of nitrogens with one attached hydrogen (secondary N) is 1. The Morgan fingerprint density at radius 3 is 2.56 bits per heavy atom. The molecular formula is C23H18F3N3O3. The van der Waals surface area contributed by atoms with Gasteiger partial charge in [-0.1, -0.05) is 24.3 Å². The van der Waals surface area contributed by atoms with Crippen LogP contribution in [-0.4, -0.2) is 35.2 Å². The minimum absolute atomic E-state index is 0.115. The van der Waals surface area contributed by atoms with Crippen LogP contribution >= 0.6 is 0 Å². The number of imide groups is 1. The Morgan fingerprint density at radius 2 is 1.78 bits per heavy atom. The van der Waals surface area contributed by atoms with Crippen LogP contribution in [0.15, 0.2) is 48.5 Å². The molecule has 1 N–H and O–H groups in total. The summed E-state index contributed by atoms with van der Waals surface area (Å²) in [5.74, 6) is -3.29. The van der Waals surface area contributed by atoms with E-state index < -0.39 is 40.9 Å². The van der Waals surface area contributed by atoms with Crippen molar-refractivity contribution >= 4 is 29.1 Å². The van der Waals surface area contributed by atoms with Crippen molar-refractivity contribution in [3.63, 3.8) is 0 Å². The number of halogens is 3. The summed E-state index contributed by atoms with van der Waals surface area (Å²) in [6.07, 6.45) is -3.19. The zero-order chi connectivity index (χ0) is 22.4. The predicted molar refractivity (Wildman–Crippen MR) is 107 cm³/mol. The minimum atomic E-state index is -4.61. The highest BCUT2D eigenvalue weighted by molar-refractivity contribution is 6.25. The van der Waals surface area contributed by atoms with Crippen LogP contribution in [0.25, 0.3) is 0 Å². The molecule has 4 heterocycles. The van der Waals surface area contributed by atoms with Gasteiger partial charge >= 0.3 is 6.18 Å². The van der Waals surface area contributed by atoms with Gasteiger partial charge in [0.05, 0.1) is 23.1 Å². The first kappa shape index (κ1) is 19.5. The standard InChI is InChI=1S/C23H18F3N3O3/c24-23(25,26)12-5-3-6-13(11-12)29-19(30)17-16-9-4-10-28(16)22(18(17)20(29)31)14-7-1-2-8-15(14)27-21(22)32/h1-3,5-8,11,16-18H,4,9-10H2,(H,27,32)/t16-,17+,18+,22-/m0/s1. The topological polar surface area (TPSA) is 69.7 Å². The number of carbonyl (C=O) groups excluding carboxylic acids is 3. The molecule has 4 atom stereocenters. The summed E-state index contributed by atoms with van der Waals surface area (Å²) < 4.78 is 39.8. The van der Waals surface area contributed by atoms with E-state index in [-0.39, 0.29) is 17.6 Å². The zero-order valence-electron chi connectivity index (χ0n) is 16.7. The van der Waals surface area contributed by atoms with Crippen LogP contribution in [0, 0.1) is 11.8 Å². The van der Waals surface area contributed by atoms with Crippen LogP contribution in [0.5, 0.6) is 0 Å². The molecule has 3 saturated heterocycles. The molecule has 4 aliphatic rings. The first-order valence-corrected chi connectivity index (χ1v) is 10.5. The fourth-order valence-corrected chi connectivity index (χ4v) is 6.23. The number of para-hydroxylation sites is 1. The molecule has 6 rings (SSSR count). The Labute approximate surface area is 181 Å². The normalized spacial score (nSPS) is 31.3. The molecule has 0 saturated carbocycles. The Bertz CT molecular complexity index is 1200. The summed E-state index contributed by atoms with van der Waals surface area (Å²) >= 11 is 0. The van der Waals surface area contributed by atoms with Gasteiger partial charge in [-0.3, -0.25) is 19.3 Å². The highest BCUT2D eigenvalue weighted by atomic mass is 19.4. The molecular weight excluding hydrogens is 423 g/mol. The zero-order valence-corrected chi connectivity index (χ0v) is 16.7. The van der Waals surface area contributed by atoms with Gasteiger partial charge in [-0.05, 0) is 43.7 Å². The predicted octanol–water partition coefficient (Wildman–Crippen LogP) is 3.14. The molecule has 32 heavy (non-hydrogen) atoms. The van der Waals surface area contributed by atoms with Crippen LogP contribution in [-0.2, 0) is 26.1 Å². The highest BCUT2D eigenvalue weighted by Gasteiger charge is 2.74. The van der Waals surface area contributed by atoms with Gasteiger partial charge < -0.3 is 5.32 Å². The Balaban J connectivity index is 1.52. The van der Waals surface area contributed by atoms with Gasteiger partial charge in [0.15, 0.2) is 0 Å². The molecule has 2 aromatic carbocycles. The van der Waals surface area contributed by atoms with Crippen molar-refractivity contribution in [2.24, 2.45) is 11.8 Å². The van der Waals surface area contributed by atoms with Crippen LogP contribution in [0.1, 0.15) is 24.0 Å². The monoisotopic (exact) mass is 441 g/mol. The summed E-state index contributed by atoms with van der Waals surface area (Å²) in [6, 6.07) is 11.0. The number of hydrogen-bond acceptors (Lipinski definition) is 4. The van der Waals surface area contributed by atoms with Crippen molar-refractivity contribution in [1.29, 1.82) is 0 Å². The number of hydrogen-bond donors (Lipinski definition) is 1. The Kier molecular flexibility index (Phi) is 3.77. The van der Waals surface area contributed by atoms with E-state index in [4.69, 9.17) is 0 Å². The van der Waals surface area contributed by atoms with Gasteiger partial charge in [0, 0.05) is 17.3 Å². The number of fused-ring (bicyclic) bond motifs is 7. The molecule has 9 heteroatoms. The van der Waals surface area contributed by atoms with Crippen molar-refractivity contribution in [1.82, 2.24) is 4.90 Å². The molecule has 0 unspecified atom stereocenters. The molecule has 0 aromatic heterocycles. The Hall–Kier alpha value is -3.20. The van der Waals surface area contributed by atoms with E-state index in [1.54, 1.807) is 24.3 Å². The van der Waals surface area contributed by atoms with Gasteiger partial charge in [-0.2, -0.15) is 13.2 Å².